The van der Waals surface area contributed by atoms with E-state index in [1.807, 2.05) is 61.3 Å². The second kappa shape index (κ2) is 9.28. The van der Waals surface area contributed by atoms with Crippen molar-refractivity contribution >= 4 is 34.7 Å². The molecule has 1 unspecified atom stereocenters. The molecule has 4 rings (SSSR count). The molecule has 1 heterocycles. The van der Waals surface area contributed by atoms with Gasteiger partial charge in [-0.25, -0.2) is 0 Å². The highest BCUT2D eigenvalue weighted by molar-refractivity contribution is 7.80. The quantitative estimate of drug-likeness (QED) is 0.604. The zero-order valence-corrected chi connectivity index (χ0v) is 19.2. The number of ether oxygens (including phenoxy) is 2. The van der Waals surface area contributed by atoms with Crippen molar-refractivity contribution < 1.29 is 14.3 Å². The highest BCUT2D eigenvalue weighted by Gasteiger charge is 2.36. The summed E-state index contributed by atoms with van der Waals surface area (Å²) in [6, 6.07) is 13.1. The first-order valence-corrected chi connectivity index (χ1v) is 11.2. The van der Waals surface area contributed by atoms with E-state index in [1.54, 1.807) is 0 Å². The number of rotatable bonds is 6. The third-order valence-corrected chi connectivity index (χ3v) is 6.21. The summed E-state index contributed by atoms with van der Waals surface area (Å²) in [5.41, 5.74) is 3.72. The first-order chi connectivity index (χ1) is 15.0. The highest BCUT2D eigenvalue weighted by Crippen LogP contribution is 2.39. The molecule has 2 aromatic carbocycles. The summed E-state index contributed by atoms with van der Waals surface area (Å²) in [4.78, 5) is 14.7. The van der Waals surface area contributed by atoms with Crippen molar-refractivity contribution in [2.45, 2.75) is 38.8 Å². The van der Waals surface area contributed by atoms with Crippen LogP contribution in [0.25, 0.3) is 0 Å². The number of halogens is 1. The van der Waals surface area contributed by atoms with Crippen LogP contribution in [0.3, 0.4) is 0 Å². The number of ketones is 1. The summed E-state index contributed by atoms with van der Waals surface area (Å²) in [6.07, 6.45) is 2.28. The van der Waals surface area contributed by atoms with Crippen LogP contribution in [0, 0.1) is 0 Å². The van der Waals surface area contributed by atoms with Gasteiger partial charge in [-0.1, -0.05) is 29.8 Å². The van der Waals surface area contributed by atoms with Crippen molar-refractivity contribution in [1.82, 2.24) is 10.2 Å². The second-order valence-corrected chi connectivity index (χ2v) is 8.46. The van der Waals surface area contributed by atoms with E-state index in [0.717, 1.165) is 35.2 Å². The van der Waals surface area contributed by atoms with E-state index in [1.165, 1.54) is 0 Å². The van der Waals surface area contributed by atoms with E-state index in [-0.39, 0.29) is 11.8 Å². The Labute approximate surface area is 193 Å². The molecule has 0 saturated heterocycles. The van der Waals surface area contributed by atoms with Gasteiger partial charge in [0.25, 0.3) is 0 Å². The van der Waals surface area contributed by atoms with Crippen LogP contribution in [0.4, 0.5) is 0 Å². The molecular weight excluding hydrogens is 432 g/mol. The number of carbonyl (C=O) groups excluding carboxylic acids is 1. The SMILES string of the molecule is CCOc1cc(C2NC(=S)N(C)C3=C2C(=O)CCC3)ccc1OCc1cccc(Cl)c1. The van der Waals surface area contributed by atoms with Crippen molar-refractivity contribution in [3.05, 3.63) is 69.9 Å². The fourth-order valence-corrected chi connectivity index (χ4v) is 4.51. The molecule has 0 amide bonds. The molecule has 2 aromatic rings. The third-order valence-electron chi connectivity index (χ3n) is 5.58. The van der Waals surface area contributed by atoms with E-state index in [2.05, 4.69) is 5.32 Å². The van der Waals surface area contributed by atoms with E-state index in [4.69, 9.17) is 33.3 Å². The number of carbonyl (C=O) groups is 1. The summed E-state index contributed by atoms with van der Waals surface area (Å²) < 4.78 is 11.9. The van der Waals surface area contributed by atoms with E-state index in [9.17, 15) is 4.79 Å². The van der Waals surface area contributed by atoms with Crippen LogP contribution in [0.5, 0.6) is 11.5 Å². The van der Waals surface area contributed by atoms with Crippen LogP contribution < -0.4 is 14.8 Å². The van der Waals surface area contributed by atoms with E-state index in [0.29, 0.717) is 41.3 Å². The Morgan fingerprint density at radius 1 is 1.16 bits per heavy atom. The monoisotopic (exact) mass is 456 g/mol. The van der Waals surface area contributed by atoms with Gasteiger partial charge in [0.15, 0.2) is 22.4 Å². The number of benzene rings is 2. The fraction of sp³-hybridized carbons (Fsp3) is 0.333. The van der Waals surface area contributed by atoms with Gasteiger partial charge in [0.05, 0.1) is 12.6 Å². The van der Waals surface area contributed by atoms with Gasteiger partial charge in [-0.15, -0.1) is 0 Å². The number of nitrogens with zero attached hydrogens (tertiary/aromatic N) is 1. The first kappa shape index (κ1) is 21.7. The lowest BCUT2D eigenvalue weighted by Crippen LogP contribution is -2.47. The molecule has 0 bridgehead atoms. The molecule has 0 fully saturated rings. The van der Waals surface area contributed by atoms with Gasteiger partial charge in [0, 0.05) is 29.8 Å². The molecule has 0 aromatic heterocycles. The highest BCUT2D eigenvalue weighted by atomic mass is 35.5. The molecule has 7 heteroatoms. The number of hydrogen-bond acceptors (Lipinski definition) is 4. The van der Waals surface area contributed by atoms with Gasteiger partial charge in [-0.3, -0.25) is 4.79 Å². The number of Topliss-reactive ketones (excluding diaryl/α,β-unsaturated/α-hetero) is 1. The Morgan fingerprint density at radius 2 is 2.00 bits per heavy atom. The Hall–Kier alpha value is -2.57. The van der Waals surface area contributed by atoms with Crippen LogP contribution in [-0.4, -0.2) is 29.5 Å². The smallest absolute Gasteiger partial charge is 0.173 e. The standard InChI is InChI=1S/C24H25ClN2O3S/c1-3-29-21-13-16(10-11-20(21)30-14-15-6-4-7-17(25)12-15)23-22-18(8-5-9-19(22)28)27(2)24(31)26-23/h4,6-7,10-13,23H,3,5,8-9,14H2,1-2H3,(H,26,31). The minimum Gasteiger partial charge on any atom is -0.490 e. The summed E-state index contributed by atoms with van der Waals surface area (Å²) in [7, 11) is 1.91. The lowest BCUT2D eigenvalue weighted by molar-refractivity contribution is -0.116. The molecular formula is C24H25ClN2O3S. The van der Waals surface area contributed by atoms with Gasteiger partial charge < -0.3 is 19.7 Å². The predicted molar refractivity (Wildman–Crippen MR) is 126 cm³/mol. The van der Waals surface area contributed by atoms with Crippen LogP contribution in [0.15, 0.2) is 53.7 Å². The maximum Gasteiger partial charge on any atom is 0.173 e. The summed E-state index contributed by atoms with van der Waals surface area (Å²) in [6.45, 7) is 2.81. The molecule has 162 valence electrons. The van der Waals surface area contributed by atoms with Crippen LogP contribution in [-0.2, 0) is 11.4 Å². The normalized spacial score (nSPS) is 18.5. The minimum absolute atomic E-state index is 0.173. The van der Waals surface area contributed by atoms with Gasteiger partial charge in [0.1, 0.15) is 6.61 Å². The van der Waals surface area contributed by atoms with Gasteiger partial charge >= 0.3 is 0 Å². The fourth-order valence-electron chi connectivity index (χ4n) is 4.07. The lowest BCUT2D eigenvalue weighted by atomic mass is 9.85. The van der Waals surface area contributed by atoms with Crippen LogP contribution in [0.2, 0.25) is 5.02 Å². The molecule has 1 aliphatic carbocycles. The molecule has 5 nitrogen and oxygen atoms in total. The topological polar surface area (TPSA) is 50.8 Å². The second-order valence-electron chi connectivity index (χ2n) is 7.64. The number of nitrogens with one attached hydrogen (secondary N) is 1. The van der Waals surface area contributed by atoms with Crippen LogP contribution in [0.1, 0.15) is 43.4 Å². The Bertz CT molecular complexity index is 1050. The van der Waals surface area contributed by atoms with Crippen molar-refractivity contribution in [3.63, 3.8) is 0 Å². The molecule has 0 saturated carbocycles. The summed E-state index contributed by atoms with van der Waals surface area (Å²) in [5.74, 6) is 1.46. The van der Waals surface area contributed by atoms with Crippen molar-refractivity contribution in [1.29, 1.82) is 0 Å². The average Bonchev–Trinajstić information content (AvgIpc) is 2.76. The number of hydrogen-bond donors (Lipinski definition) is 1. The maximum absolute atomic E-state index is 12.8. The predicted octanol–water partition coefficient (Wildman–Crippen LogP) is 5.19. The Kier molecular flexibility index (Phi) is 6.49. The Balaban J connectivity index is 1.64. The molecule has 0 spiro atoms. The minimum atomic E-state index is -0.285. The molecule has 1 N–H and O–H groups in total. The van der Waals surface area contributed by atoms with Crippen molar-refractivity contribution in [3.8, 4) is 11.5 Å². The largest absolute Gasteiger partial charge is 0.490 e. The van der Waals surface area contributed by atoms with Crippen molar-refractivity contribution in [2.24, 2.45) is 0 Å². The Morgan fingerprint density at radius 3 is 2.77 bits per heavy atom. The van der Waals surface area contributed by atoms with Gasteiger partial charge in [-0.05, 0) is 67.4 Å². The maximum atomic E-state index is 12.8. The van der Waals surface area contributed by atoms with E-state index >= 15 is 0 Å². The number of thiocarbonyl (C=S) groups is 1. The summed E-state index contributed by atoms with van der Waals surface area (Å²) in [5, 5.41) is 4.63. The first-order valence-electron chi connectivity index (χ1n) is 10.4. The lowest BCUT2D eigenvalue weighted by Gasteiger charge is -2.39. The number of allylic oxidation sites excluding steroid dienone is 1. The molecule has 2 aliphatic rings. The van der Waals surface area contributed by atoms with Crippen molar-refractivity contribution in [2.75, 3.05) is 13.7 Å². The van der Waals surface area contributed by atoms with Gasteiger partial charge in [0.2, 0.25) is 0 Å². The van der Waals surface area contributed by atoms with Crippen LogP contribution >= 0.6 is 23.8 Å². The molecule has 31 heavy (non-hydrogen) atoms. The molecule has 0 radical (unpaired) electrons. The molecule has 1 aliphatic heterocycles. The zero-order chi connectivity index (χ0) is 22.0. The molecule has 1 atom stereocenters. The zero-order valence-electron chi connectivity index (χ0n) is 17.6. The average molecular weight is 457 g/mol. The van der Waals surface area contributed by atoms with E-state index < -0.39 is 0 Å². The van der Waals surface area contributed by atoms with Gasteiger partial charge in [-0.2, -0.15) is 0 Å². The summed E-state index contributed by atoms with van der Waals surface area (Å²) >= 11 is 11.6. The third kappa shape index (κ3) is 4.55.